The molecule has 2 aliphatic rings. The van der Waals surface area contributed by atoms with Crippen LogP contribution in [0.25, 0.3) is 0 Å². The normalized spacial score (nSPS) is 21.9. The van der Waals surface area contributed by atoms with E-state index in [1.165, 1.54) is 0 Å². The average Bonchev–Trinajstić information content (AvgIpc) is 2.85. The standard InChI is InChI=1S/C17H20O3/c18-16-5-1-3-12(16)9-10-20-14-7-8-15-13(11-14)4-2-6-17(15)19/h7-8,11-12H,1-6,9-10H2. The number of ether oxygens (including phenoxy) is 1. The van der Waals surface area contributed by atoms with Gasteiger partial charge in [0.15, 0.2) is 5.78 Å². The van der Waals surface area contributed by atoms with Crippen LogP contribution in [0.2, 0.25) is 0 Å². The number of Topliss-reactive ketones (excluding diaryl/α,β-unsaturated/α-hetero) is 2. The molecule has 1 atom stereocenters. The van der Waals surface area contributed by atoms with E-state index in [-0.39, 0.29) is 11.7 Å². The van der Waals surface area contributed by atoms with Crippen LogP contribution in [-0.2, 0) is 11.2 Å². The molecule has 1 aromatic rings. The Morgan fingerprint density at radius 1 is 1.10 bits per heavy atom. The lowest BCUT2D eigenvalue weighted by Crippen LogP contribution is -2.12. The van der Waals surface area contributed by atoms with Gasteiger partial charge in [0.25, 0.3) is 0 Å². The summed E-state index contributed by atoms with van der Waals surface area (Å²) in [5.41, 5.74) is 1.96. The molecule has 0 radical (unpaired) electrons. The van der Waals surface area contributed by atoms with Crippen LogP contribution in [0.1, 0.15) is 54.4 Å². The third-order valence-corrected chi connectivity index (χ3v) is 4.39. The Balaban J connectivity index is 1.58. The van der Waals surface area contributed by atoms with Crippen LogP contribution in [0.4, 0.5) is 0 Å². The Morgan fingerprint density at radius 2 is 2.00 bits per heavy atom. The minimum Gasteiger partial charge on any atom is -0.494 e. The molecule has 0 aromatic heterocycles. The zero-order valence-electron chi connectivity index (χ0n) is 11.7. The minimum atomic E-state index is 0.203. The number of aryl methyl sites for hydroxylation is 1. The second-order valence-corrected chi connectivity index (χ2v) is 5.79. The summed E-state index contributed by atoms with van der Waals surface area (Å²) < 4.78 is 5.75. The van der Waals surface area contributed by atoms with Crippen molar-refractivity contribution in [1.82, 2.24) is 0 Å². The first-order valence-corrected chi connectivity index (χ1v) is 7.55. The molecule has 0 spiro atoms. The second kappa shape index (κ2) is 5.78. The average molecular weight is 272 g/mol. The first-order valence-electron chi connectivity index (χ1n) is 7.55. The molecule has 106 valence electrons. The van der Waals surface area contributed by atoms with Crippen molar-refractivity contribution in [3.05, 3.63) is 29.3 Å². The molecule has 3 heteroatoms. The first kappa shape index (κ1) is 13.3. The van der Waals surface area contributed by atoms with Gasteiger partial charge in [-0.25, -0.2) is 0 Å². The summed E-state index contributed by atoms with van der Waals surface area (Å²) in [6.45, 7) is 0.586. The molecule has 0 saturated heterocycles. The molecular formula is C17H20O3. The SMILES string of the molecule is O=C1CCCc2cc(OCCC3CCCC3=O)ccc21. The third kappa shape index (κ3) is 2.77. The molecule has 20 heavy (non-hydrogen) atoms. The van der Waals surface area contributed by atoms with Crippen molar-refractivity contribution < 1.29 is 14.3 Å². The summed E-state index contributed by atoms with van der Waals surface area (Å²) in [5, 5.41) is 0. The number of carbonyl (C=O) groups excluding carboxylic acids is 2. The van der Waals surface area contributed by atoms with E-state index in [4.69, 9.17) is 4.74 Å². The predicted molar refractivity (Wildman–Crippen MR) is 76.2 cm³/mol. The smallest absolute Gasteiger partial charge is 0.163 e. The molecule has 0 bridgehead atoms. The predicted octanol–water partition coefficient (Wildman–Crippen LogP) is 3.34. The molecule has 0 aliphatic heterocycles. The number of benzene rings is 1. The van der Waals surface area contributed by atoms with Gasteiger partial charge in [0.2, 0.25) is 0 Å². The van der Waals surface area contributed by atoms with Crippen molar-refractivity contribution in [3.63, 3.8) is 0 Å². The number of hydrogen-bond donors (Lipinski definition) is 0. The fourth-order valence-corrected chi connectivity index (χ4v) is 3.22. The van der Waals surface area contributed by atoms with E-state index in [2.05, 4.69) is 0 Å². The molecule has 0 amide bonds. The maximum atomic E-state index is 11.7. The molecule has 2 aliphatic carbocycles. The molecule has 0 heterocycles. The summed E-state index contributed by atoms with van der Waals surface area (Å²) in [5.74, 6) is 1.66. The van der Waals surface area contributed by atoms with Gasteiger partial charge in [0.05, 0.1) is 6.61 Å². The van der Waals surface area contributed by atoms with Crippen LogP contribution >= 0.6 is 0 Å². The highest BCUT2D eigenvalue weighted by molar-refractivity contribution is 5.98. The van der Waals surface area contributed by atoms with Crippen LogP contribution in [0.15, 0.2) is 18.2 Å². The van der Waals surface area contributed by atoms with Crippen molar-refractivity contribution >= 4 is 11.6 Å². The Labute approximate surface area is 119 Å². The van der Waals surface area contributed by atoms with Crippen molar-refractivity contribution in [2.24, 2.45) is 5.92 Å². The van der Waals surface area contributed by atoms with Gasteiger partial charge < -0.3 is 4.74 Å². The van der Waals surface area contributed by atoms with E-state index in [1.807, 2.05) is 18.2 Å². The highest BCUT2D eigenvalue weighted by Crippen LogP contribution is 2.27. The summed E-state index contributed by atoms with van der Waals surface area (Å²) >= 11 is 0. The lowest BCUT2D eigenvalue weighted by molar-refractivity contribution is -0.121. The lowest BCUT2D eigenvalue weighted by atomic mass is 9.90. The Bertz CT molecular complexity index is 533. The Morgan fingerprint density at radius 3 is 2.80 bits per heavy atom. The number of carbonyl (C=O) groups is 2. The molecule has 3 nitrogen and oxygen atoms in total. The topological polar surface area (TPSA) is 43.4 Å². The van der Waals surface area contributed by atoms with E-state index in [9.17, 15) is 9.59 Å². The third-order valence-electron chi connectivity index (χ3n) is 4.39. The monoisotopic (exact) mass is 272 g/mol. The number of fused-ring (bicyclic) bond motifs is 1. The van der Waals surface area contributed by atoms with Gasteiger partial charge in [-0.1, -0.05) is 0 Å². The van der Waals surface area contributed by atoms with E-state index >= 15 is 0 Å². The van der Waals surface area contributed by atoms with Gasteiger partial charge in [-0.15, -0.1) is 0 Å². The maximum Gasteiger partial charge on any atom is 0.163 e. The molecule has 3 rings (SSSR count). The van der Waals surface area contributed by atoms with Crippen LogP contribution in [0, 0.1) is 5.92 Å². The van der Waals surface area contributed by atoms with Gasteiger partial charge >= 0.3 is 0 Å². The summed E-state index contributed by atoms with van der Waals surface area (Å²) in [4.78, 5) is 23.3. The van der Waals surface area contributed by atoms with E-state index in [1.54, 1.807) is 0 Å². The van der Waals surface area contributed by atoms with E-state index in [0.717, 1.165) is 55.4 Å². The number of rotatable bonds is 4. The first-order chi connectivity index (χ1) is 9.74. The molecular weight excluding hydrogens is 252 g/mol. The highest BCUT2D eigenvalue weighted by atomic mass is 16.5. The lowest BCUT2D eigenvalue weighted by Gasteiger charge is -2.16. The molecule has 1 fully saturated rings. The van der Waals surface area contributed by atoms with Gasteiger partial charge in [0, 0.05) is 24.3 Å². The van der Waals surface area contributed by atoms with Crippen LogP contribution in [0.5, 0.6) is 5.75 Å². The van der Waals surface area contributed by atoms with Gasteiger partial charge in [-0.05, 0) is 55.9 Å². The summed E-state index contributed by atoms with van der Waals surface area (Å²) in [7, 11) is 0. The van der Waals surface area contributed by atoms with Crippen molar-refractivity contribution in [2.45, 2.75) is 44.9 Å². The quantitative estimate of drug-likeness (QED) is 0.844. The molecule has 0 N–H and O–H groups in total. The Kier molecular flexibility index (Phi) is 3.86. The van der Waals surface area contributed by atoms with Gasteiger partial charge in [-0.3, -0.25) is 9.59 Å². The highest BCUT2D eigenvalue weighted by Gasteiger charge is 2.24. The van der Waals surface area contributed by atoms with Crippen LogP contribution in [-0.4, -0.2) is 18.2 Å². The van der Waals surface area contributed by atoms with Crippen molar-refractivity contribution in [1.29, 1.82) is 0 Å². The molecule has 1 aromatic carbocycles. The van der Waals surface area contributed by atoms with Crippen LogP contribution < -0.4 is 4.74 Å². The largest absolute Gasteiger partial charge is 0.494 e. The zero-order valence-corrected chi connectivity index (χ0v) is 11.7. The molecule has 1 unspecified atom stereocenters. The Hall–Kier alpha value is -1.64. The minimum absolute atomic E-state index is 0.203. The van der Waals surface area contributed by atoms with Gasteiger partial charge in [-0.2, -0.15) is 0 Å². The van der Waals surface area contributed by atoms with Gasteiger partial charge in [0.1, 0.15) is 11.5 Å². The second-order valence-electron chi connectivity index (χ2n) is 5.79. The van der Waals surface area contributed by atoms with Crippen LogP contribution in [0.3, 0.4) is 0 Å². The molecule has 1 saturated carbocycles. The maximum absolute atomic E-state index is 11.7. The number of ketones is 2. The summed E-state index contributed by atoms with van der Waals surface area (Å²) in [6, 6.07) is 5.74. The van der Waals surface area contributed by atoms with Crippen molar-refractivity contribution in [2.75, 3.05) is 6.61 Å². The zero-order chi connectivity index (χ0) is 13.9. The van der Waals surface area contributed by atoms with Crippen molar-refractivity contribution in [3.8, 4) is 5.75 Å². The number of hydrogen-bond acceptors (Lipinski definition) is 3. The fourth-order valence-electron chi connectivity index (χ4n) is 3.22. The van der Waals surface area contributed by atoms with E-state index < -0.39 is 0 Å². The summed E-state index contributed by atoms with van der Waals surface area (Å²) in [6.07, 6.45) is 6.16. The fraction of sp³-hybridized carbons (Fsp3) is 0.529. The van der Waals surface area contributed by atoms with E-state index in [0.29, 0.717) is 18.8 Å².